The van der Waals surface area contributed by atoms with Crippen molar-refractivity contribution in [2.24, 2.45) is 5.92 Å². The van der Waals surface area contributed by atoms with Gasteiger partial charge >= 0.3 is 11.9 Å². The van der Waals surface area contributed by atoms with E-state index in [1.165, 1.54) is 23.1 Å². The maximum absolute atomic E-state index is 11.8. The molecule has 0 saturated carbocycles. The molecule has 1 fully saturated rings. The fourth-order valence-electron chi connectivity index (χ4n) is 2.13. The van der Waals surface area contributed by atoms with E-state index in [4.69, 9.17) is 16.6 Å². The molecule has 1 aromatic rings. The minimum atomic E-state index is -1.36. The summed E-state index contributed by atoms with van der Waals surface area (Å²) in [6.07, 6.45) is 5.49. The van der Waals surface area contributed by atoms with Crippen LogP contribution in [0.15, 0.2) is 18.2 Å². The number of carboxylic acids is 2. The third kappa shape index (κ3) is 2.34. The van der Waals surface area contributed by atoms with E-state index in [0.29, 0.717) is 12.2 Å². The predicted octanol–water partition coefficient (Wildman–Crippen LogP) is 1.07. The number of benzene rings is 1. The summed E-state index contributed by atoms with van der Waals surface area (Å²) in [5, 5.41) is 18.0. The summed E-state index contributed by atoms with van der Waals surface area (Å²) in [7, 11) is 0. The fourth-order valence-corrected chi connectivity index (χ4v) is 2.13. The van der Waals surface area contributed by atoms with Crippen LogP contribution >= 0.6 is 0 Å². The fraction of sp³-hybridized carbons (Fsp3) is 0.214. The third-order valence-electron chi connectivity index (χ3n) is 3.14. The van der Waals surface area contributed by atoms with Crippen LogP contribution in [0.5, 0.6) is 0 Å². The summed E-state index contributed by atoms with van der Waals surface area (Å²) in [6, 6.07) is 3.77. The SMILES string of the molecule is C#CC1CC(=O)N(c2ccc(C(=O)O)c(C(=O)O)c2)C1. The number of aromatic carboxylic acids is 2. The molecular weight excluding hydrogens is 262 g/mol. The zero-order valence-corrected chi connectivity index (χ0v) is 10.4. The van der Waals surface area contributed by atoms with Gasteiger partial charge in [-0.25, -0.2) is 9.59 Å². The highest BCUT2D eigenvalue weighted by atomic mass is 16.4. The molecule has 1 aliphatic rings. The van der Waals surface area contributed by atoms with Crippen molar-refractivity contribution in [3.8, 4) is 12.3 Å². The van der Waals surface area contributed by atoms with Crippen LogP contribution in [-0.2, 0) is 4.79 Å². The van der Waals surface area contributed by atoms with Crippen molar-refractivity contribution >= 4 is 23.5 Å². The van der Waals surface area contributed by atoms with E-state index in [9.17, 15) is 14.4 Å². The lowest BCUT2D eigenvalue weighted by molar-refractivity contribution is -0.117. The van der Waals surface area contributed by atoms with Crippen LogP contribution in [0.2, 0.25) is 0 Å². The van der Waals surface area contributed by atoms with Crippen molar-refractivity contribution in [2.45, 2.75) is 6.42 Å². The zero-order valence-electron chi connectivity index (χ0n) is 10.4. The van der Waals surface area contributed by atoms with Gasteiger partial charge in [-0.1, -0.05) is 0 Å². The normalized spacial score (nSPS) is 17.9. The molecule has 1 saturated heterocycles. The lowest BCUT2D eigenvalue weighted by atomic mass is 10.1. The van der Waals surface area contributed by atoms with E-state index < -0.39 is 11.9 Å². The average Bonchev–Trinajstić information content (AvgIpc) is 2.79. The predicted molar refractivity (Wildman–Crippen MR) is 69.7 cm³/mol. The number of carbonyl (C=O) groups excluding carboxylic acids is 1. The Morgan fingerprint density at radius 2 is 1.90 bits per heavy atom. The van der Waals surface area contributed by atoms with Crippen molar-refractivity contribution < 1.29 is 24.6 Å². The van der Waals surface area contributed by atoms with Gasteiger partial charge in [-0.3, -0.25) is 4.79 Å². The van der Waals surface area contributed by atoms with E-state index in [-0.39, 0.29) is 29.4 Å². The quantitative estimate of drug-likeness (QED) is 0.803. The number of carbonyl (C=O) groups is 3. The monoisotopic (exact) mass is 273 g/mol. The van der Waals surface area contributed by atoms with Gasteiger partial charge in [0.25, 0.3) is 0 Å². The van der Waals surface area contributed by atoms with Gasteiger partial charge in [-0.15, -0.1) is 12.3 Å². The smallest absolute Gasteiger partial charge is 0.336 e. The van der Waals surface area contributed by atoms with Crippen molar-refractivity contribution in [1.29, 1.82) is 0 Å². The van der Waals surface area contributed by atoms with Gasteiger partial charge in [0.2, 0.25) is 5.91 Å². The highest BCUT2D eigenvalue weighted by molar-refractivity contribution is 6.04. The lowest BCUT2D eigenvalue weighted by Crippen LogP contribution is -2.25. The molecule has 6 heteroatoms. The first kappa shape index (κ1) is 13.6. The second-order valence-corrected chi connectivity index (χ2v) is 4.41. The van der Waals surface area contributed by atoms with Gasteiger partial charge < -0.3 is 15.1 Å². The van der Waals surface area contributed by atoms with Crippen molar-refractivity contribution in [3.63, 3.8) is 0 Å². The standard InChI is InChI=1S/C14H11NO5/c1-2-8-5-12(16)15(7-8)9-3-4-10(13(17)18)11(6-9)14(19)20/h1,3-4,6,8H,5,7H2,(H,17,18)(H,19,20). The molecule has 102 valence electrons. The summed E-state index contributed by atoms with van der Waals surface area (Å²) in [6.45, 7) is 0.306. The maximum Gasteiger partial charge on any atom is 0.336 e. The van der Waals surface area contributed by atoms with Gasteiger partial charge in [0, 0.05) is 24.6 Å². The van der Waals surface area contributed by atoms with E-state index >= 15 is 0 Å². The molecule has 0 radical (unpaired) electrons. The Balaban J connectivity index is 2.42. The molecule has 1 unspecified atom stereocenters. The van der Waals surface area contributed by atoms with Gasteiger partial charge in [0.15, 0.2) is 0 Å². The molecule has 0 aromatic heterocycles. The van der Waals surface area contributed by atoms with Crippen LogP contribution < -0.4 is 4.90 Å². The van der Waals surface area contributed by atoms with Crippen LogP contribution in [0.25, 0.3) is 0 Å². The van der Waals surface area contributed by atoms with Crippen LogP contribution in [0.1, 0.15) is 27.1 Å². The highest BCUT2D eigenvalue weighted by Crippen LogP contribution is 2.27. The topological polar surface area (TPSA) is 94.9 Å². The first-order valence-electron chi connectivity index (χ1n) is 5.81. The molecule has 0 aliphatic carbocycles. The Morgan fingerprint density at radius 3 is 2.40 bits per heavy atom. The van der Waals surface area contributed by atoms with Crippen molar-refractivity contribution in [3.05, 3.63) is 29.3 Å². The van der Waals surface area contributed by atoms with Crippen LogP contribution in [0.4, 0.5) is 5.69 Å². The maximum atomic E-state index is 11.8. The molecule has 0 spiro atoms. The number of hydrogen-bond donors (Lipinski definition) is 2. The molecule has 1 aromatic carbocycles. The minimum absolute atomic E-state index is 0.202. The molecule has 2 N–H and O–H groups in total. The lowest BCUT2D eigenvalue weighted by Gasteiger charge is -2.17. The summed E-state index contributed by atoms with van der Waals surface area (Å²) < 4.78 is 0. The molecule has 2 rings (SSSR count). The Morgan fingerprint density at radius 1 is 1.25 bits per heavy atom. The molecule has 0 bridgehead atoms. The van der Waals surface area contributed by atoms with E-state index in [1.807, 2.05) is 0 Å². The first-order chi connectivity index (χ1) is 9.43. The number of nitrogens with zero attached hydrogens (tertiary/aromatic N) is 1. The molecule has 1 aliphatic heterocycles. The number of rotatable bonds is 3. The Kier molecular flexibility index (Phi) is 3.44. The van der Waals surface area contributed by atoms with Crippen LogP contribution in [-0.4, -0.2) is 34.6 Å². The van der Waals surface area contributed by atoms with Gasteiger partial charge in [0.1, 0.15) is 0 Å². The number of amides is 1. The number of anilines is 1. The van der Waals surface area contributed by atoms with Crippen LogP contribution in [0.3, 0.4) is 0 Å². The van der Waals surface area contributed by atoms with Gasteiger partial charge in [-0.05, 0) is 18.2 Å². The minimum Gasteiger partial charge on any atom is -0.478 e. The Hall–Kier alpha value is -2.81. The van der Waals surface area contributed by atoms with E-state index in [0.717, 1.165) is 0 Å². The van der Waals surface area contributed by atoms with Crippen molar-refractivity contribution in [1.82, 2.24) is 0 Å². The van der Waals surface area contributed by atoms with Gasteiger partial charge in [0.05, 0.1) is 11.1 Å². The molecule has 1 amide bonds. The van der Waals surface area contributed by atoms with Crippen LogP contribution in [0, 0.1) is 18.3 Å². The highest BCUT2D eigenvalue weighted by Gasteiger charge is 2.30. The largest absolute Gasteiger partial charge is 0.478 e. The first-order valence-corrected chi connectivity index (χ1v) is 5.81. The molecule has 1 heterocycles. The molecule has 20 heavy (non-hydrogen) atoms. The summed E-state index contributed by atoms with van der Waals surface area (Å²) >= 11 is 0. The van der Waals surface area contributed by atoms with E-state index in [2.05, 4.69) is 5.92 Å². The molecule has 1 atom stereocenters. The molecular formula is C14H11NO5. The summed E-state index contributed by atoms with van der Waals surface area (Å²) in [5.41, 5.74) is -0.330. The second-order valence-electron chi connectivity index (χ2n) is 4.41. The number of terminal acetylenes is 1. The second kappa shape index (κ2) is 5.05. The zero-order chi connectivity index (χ0) is 14.9. The van der Waals surface area contributed by atoms with Crippen molar-refractivity contribution in [2.75, 3.05) is 11.4 Å². The third-order valence-corrected chi connectivity index (χ3v) is 3.14. The summed E-state index contributed by atoms with van der Waals surface area (Å²) in [4.78, 5) is 35.2. The van der Waals surface area contributed by atoms with Gasteiger partial charge in [-0.2, -0.15) is 0 Å². The Labute approximate surface area is 114 Å². The number of hydrogen-bond acceptors (Lipinski definition) is 3. The average molecular weight is 273 g/mol. The summed E-state index contributed by atoms with van der Waals surface area (Å²) in [5.74, 6) is -0.614. The molecule has 6 nitrogen and oxygen atoms in total. The Bertz CT molecular complexity index is 643. The number of carboxylic acid groups (broad SMARTS) is 2. The van der Waals surface area contributed by atoms with E-state index in [1.54, 1.807) is 0 Å².